The summed E-state index contributed by atoms with van der Waals surface area (Å²) in [4.78, 5) is 7.12. The zero-order chi connectivity index (χ0) is 38.4. The van der Waals surface area contributed by atoms with E-state index >= 15 is 0 Å². The first-order valence-corrected chi connectivity index (χ1v) is 19.7. The van der Waals surface area contributed by atoms with Crippen LogP contribution in [0.5, 0.6) is 0 Å². The maximum absolute atomic E-state index is 6.68. The van der Waals surface area contributed by atoms with Crippen LogP contribution in [-0.2, 0) is 0 Å². The van der Waals surface area contributed by atoms with E-state index in [-0.39, 0.29) is 0 Å². The number of rotatable bonds is 7. The Morgan fingerprint density at radius 2 is 0.897 bits per heavy atom. The molecular formula is C55H36N2O. The summed E-state index contributed by atoms with van der Waals surface area (Å²) in [5, 5.41) is 5.68. The molecule has 0 radical (unpaired) electrons. The lowest BCUT2D eigenvalue weighted by molar-refractivity contribution is 0.670. The van der Waals surface area contributed by atoms with Crippen LogP contribution in [0.15, 0.2) is 223 Å². The number of nitrogens with zero attached hydrogens (tertiary/aromatic N) is 2. The van der Waals surface area contributed by atoms with Gasteiger partial charge in [-0.15, -0.1) is 0 Å². The molecule has 0 bridgehead atoms. The number of fused-ring (bicyclic) bond motifs is 6. The molecule has 58 heavy (non-hydrogen) atoms. The topological polar surface area (TPSA) is 29.3 Å². The maximum Gasteiger partial charge on any atom is 0.143 e. The second kappa shape index (κ2) is 14.1. The molecule has 0 aliphatic carbocycles. The van der Waals surface area contributed by atoms with Crippen LogP contribution in [-0.4, -0.2) is 4.98 Å². The minimum atomic E-state index is 0.870. The van der Waals surface area contributed by atoms with E-state index in [1.54, 1.807) is 0 Å². The van der Waals surface area contributed by atoms with E-state index in [2.05, 4.69) is 211 Å². The van der Waals surface area contributed by atoms with Gasteiger partial charge in [0.25, 0.3) is 0 Å². The van der Waals surface area contributed by atoms with Gasteiger partial charge in [0.1, 0.15) is 11.2 Å². The highest BCUT2D eigenvalue weighted by atomic mass is 16.3. The van der Waals surface area contributed by atoms with Crippen LogP contribution < -0.4 is 4.90 Å². The highest BCUT2D eigenvalue weighted by Crippen LogP contribution is 2.42. The van der Waals surface area contributed by atoms with Crippen LogP contribution >= 0.6 is 0 Å². The van der Waals surface area contributed by atoms with Crippen LogP contribution in [0.1, 0.15) is 0 Å². The van der Waals surface area contributed by atoms with Gasteiger partial charge >= 0.3 is 0 Å². The zero-order valence-corrected chi connectivity index (χ0v) is 31.6. The molecule has 11 aromatic rings. The second-order valence-corrected chi connectivity index (χ2v) is 14.7. The Morgan fingerprint density at radius 1 is 0.362 bits per heavy atom. The molecule has 0 unspecified atom stereocenters. The maximum atomic E-state index is 6.68. The lowest BCUT2D eigenvalue weighted by Crippen LogP contribution is -2.09. The van der Waals surface area contributed by atoms with Gasteiger partial charge in [0.05, 0.1) is 5.52 Å². The molecule has 3 nitrogen and oxygen atoms in total. The number of anilines is 3. The van der Waals surface area contributed by atoms with Gasteiger partial charge < -0.3 is 9.32 Å². The van der Waals surface area contributed by atoms with Crippen molar-refractivity contribution in [3.8, 4) is 44.5 Å². The average molecular weight is 741 g/mol. The van der Waals surface area contributed by atoms with Crippen molar-refractivity contribution in [2.75, 3.05) is 4.90 Å². The fourth-order valence-corrected chi connectivity index (χ4v) is 8.45. The number of aromatic nitrogens is 1. The van der Waals surface area contributed by atoms with Crippen molar-refractivity contribution >= 4 is 60.7 Å². The van der Waals surface area contributed by atoms with Gasteiger partial charge in [0.2, 0.25) is 0 Å². The summed E-state index contributed by atoms with van der Waals surface area (Å²) in [7, 11) is 0. The smallest absolute Gasteiger partial charge is 0.143 e. The molecule has 9 aromatic carbocycles. The molecule has 3 heteroatoms. The monoisotopic (exact) mass is 740 g/mol. The normalized spacial score (nSPS) is 11.4. The first-order valence-electron chi connectivity index (χ1n) is 19.7. The summed E-state index contributed by atoms with van der Waals surface area (Å²) in [5.74, 6) is 0. The van der Waals surface area contributed by atoms with E-state index in [4.69, 9.17) is 9.40 Å². The van der Waals surface area contributed by atoms with Gasteiger partial charge in [0, 0.05) is 50.4 Å². The van der Waals surface area contributed by atoms with Crippen LogP contribution in [0, 0.1) is 0 Å². The van der Waals surface area contributed by atoms with Gasteiger partial charge in [-0.05, 0) is 98.9 Å². The van der Waals surface area contributed by atoms with E-state index in [0.717, 1.165) is 66.6 Å². The van der Waals surface area contributed by atoms with Crippen molar-refractivity contribution < 1.29 is 4.42 Å². The zero-order valence-electron chi connectivity index (χ0n) is 31.6. The van der Waals surface area contributed by atoms with E-state index in [0.29, 0.717) is 0 Å². The second-order valence-electron chi connectivity index (χ2n) is 14.7. The minimum absolute atomic E-state index is 0.870. The first kappa shape index (κ1) is 33.6. The molecule has 2 heterocycles. The third kappa shape index (κ3) is 5.89. The largest absolute Gasteiger partial charge is 0.455 e. The standard InChI is InChI=1S/C55H36N2O/c1-3-10-37(11-4-1)39-21-28-45(29-22-39)57(46-30-23-40(24-31-46)38-12-5-2-6-13-38)47-32-25-41(26-33-47)49-17-8-18-50-51-36-44(27-34-52(51)58-55(49)50)48-16-7-14-42-19-20-43-15-9-35-56-54(43)53(42)48/h1-36H. The third-order valence-corrected chi connectivity index (χ3v) is 11.3. The molecule has 0 aliphatic rings. The van der Waals surface area contributed by atoms with E-state index in [9.17, 15) is 0 Å². The Balaban J connectivity index is 0.976. The predicted octanol–water partition coefficient (Wildman–Crippen LogP) is 15.4. The molecule has 0 atom stereocenters. The molecule has 272 valence electrons. The first-order chi connectivity index (χ1) is 28.7. The minimum Gasteiger partial charge on any atom is -0.455 e. The highest BCUT2D eigenvalue weighted by Gasteiger charge is 2.17. The van der Waals surface area contributed by atoms with Gasteiger partial charge in [0.15, 0.2) is 0 Å². The van der Waals surface area contributed by atoms with Gasteiger partial charge in [-0.3, -0.25) is 4.98 Å². The summed E-state index contributed by atoms with van der Waals surface area (Å²) in [5.41, 5.74) is 15.3. The number of hydrogen-bond donors (Lipinski definition) is 0. The summed E-state index contributed by atoms with van der Waals surface area (Å²) < 4.78 is 6.68. The fraction of sp³-hybridized carbons (Fsp3) is 0. The molecular weight excluding hydrogens is 705 g/mol. The average Bonchev–Trinajstić information content (AvgIpc) is 3.68. The van der Waals surface area contributed by atoms with Crippen LogP contribution in [0.3, 0.4) is 0 Å². The number of furan rings is 1. The van der Waals surface area contributed by atoms with Crippen molar-refractivity contribution in [3.05, 3.63) is 219 Å². The molecule has 0 saturated carbocycles. The number of pyridine rings is 1. The Bertz CT molecular complexity index is 3160. The molecule has 0 amide bonds. The van der Waals surface area contributed by atoms with Crippen LogP contribution in [0.2, 0.25) is 0 Å². The van der Waals surface area contributed by atoms with Crippen LogP contribution in [0.4, 0.5) is 17.1 Å². The molecule has 0 saturated heterocycles. The molecule has 0 fully saturated rings. The Labute approximate surface area is 336 Å². The quantitative estimate of drug-likeness (QED) is 0.152. The molecule has 11 rings (SSSR count). The van der Waals surface area contributed by atoms with Crippen molar-refractivity contribution in [2.45, 2.75) is 0 Å². The van der Waals surface area contributed by atoms with Gasteiger partial charge in [-0.2, -0.15) is 0 Å². The molecule has 0 aliphatic heterocycles. The lowest BCUT2D eigenvalue weighted by atomic mass is 9.95. The molecule has 0 N–H and O–H groups in total. The van der Waals surface area contributed by atoms with Gasteiger partial charge in [-0.25, -0.2) is 0 Å². The summed E-state index contributed by atoms with van der Waals surface area (Å²) in [6, 6.07) is 75.5. The summed E-state index contributed by atoms with van der Waals surface area (Å²) in [6.45, 7) is 0. The molecule has 0 spiro atoms. The third-order valence-electron chi connectivity index (χ3n) is 11.3. The van der Waals surface area contributed by atoms with Crippen molar-refractivity contribution in [1.29, 1.82) is 0 Å². The summed E-state index contributed by atoms with van der Waals surface area (Å²) >= 11 is 0. The highest BCUT2D eigenvalue weighted by molar-refractivity contribution is 6.15. The number of para-hydroxylation sites is 1. The molecule has 2 aromatic heterocycles. The predicted molar refractivity (Wildman–Crippen MR) is 243 cm³/mol. The van der Waals surface area contributed by atoms with Gasteiger partial charge in [-0.1, -0.05) is 158 Å². The fourth-order valence-electron chi connectivity index (χ4n) is 8.45. The number of benzene rings is 9. The van der Waals surface area contributed by atoms with Crippen molar-refractivity contribution in [3.63, 3.8) is 0 Å². The lowest BCUT2D eigenvalue weighted by Gasteiger charge is -2.26. The Kier molecular flexibility index (Phi) is 8.15. The van der Waals surface area contributed by atoms with E-state index in [1.165, 1.54) is 38.6 Å². The number of hydrogen-bond acceptors (Lipinski definition) is 3. The van der Waals surface area contributed by atoms with Crippen molar-refractivity contribution in [1.82, 2.24) is 4.98 Å². The van der Waals surface area contributed by atoms with Crippen LogP contribution in [0.25, 0.3) is 88.1 Å². The SMILES string of the molecule is c1ccc(-c2ccc(N(c3ccc(-c4ccccc4)cc3)c3ccc(-c4cccc5c4oc4ccc(-c6cccc7ccc8cccnc8c67)cc45)cc3)cc2)cc1. The van der Waals surface area contributed by atoms with Crippen molar-refractivity contribution in [2.24, 2.45) is 0 Å². The Morgan fingerprint density at radius 3 is 1.55 bits per heavy atom. The summed E-state index contributed by atoms with van der Waals surface area (Å²) in [6.07, 6.45) is 1.88. The Hall–Kier alpha value is -7.75. The van der Waals surface area contributed by atoms with E-state index < -0.39 is 0 Å². The van der Waals surface area contributed by atoms with E-state index in [1.807, 2.05) is 12.3 Å².